The topological polar surface area (TPSA) is 99.8 Å². The van der Waals surface area contributed by atoms with Crippen molar-refractivity contribution < 1.29 is 8.42 Å². The quantitative estimate of drug-likeness (QED) is 0.746. The van der Waals surface area contributed by atoms with Gasteiger partial charge in [-0.2, -0.15) is 13.5 Å². The summed E-state index contributed by atoms with van der Waals surface area (Å²) in [4.78, 5) is 3.92. The average Bonchev–Trinajstić information content (AvgIpc) is 3.15. The highest BCUT2D eigenvalue weighted by atomic mass is 35.5. The molecule has 2 heterocycles. The zero-order valence-corrected chi connectivity index (χ0v) is 12.6. The maximum atomic E-state index is 12.4. The van der Waals surface area contributed by atoms with Crippen LogP contribution >= 0.6 is 11.6 Å². The fourth-order valence-corrected chi connectivity index (χ4v) is 3.23. The summed E-state index contributed by atoms with van der Waals surface area (Å²) in [6.07, 6.45) is 5.22. The summed E-state index contributed by atoms with van der Waals surface area (Å²) in [6.45, 7) is 0.452. The van der Waals surface area contributed by atoms with Crippen LogP contribution in [0.5, 0.6) is 0 Å². The van der Waals surface area contributed by atoms with Crippen molar-refractivity contribution in [1.29, 1.82) is 0 Å². The predicted octanol–water partition coefficient (Wildman–Crippen LogP) is 1.51. The molecule has 1 fully saturated rings. The lowest BCUT2D eigenvalue weighted by Gasteiger charge is -2.09. The molecular formula is C12H14ClN5O2S. The first-order valence-electron chi connectivity index (χ1n) is 6.45. The molecule has 0 aliphatic heterocycles. The van der Waals surface area contributed by atoms with Crippen LogP contribution in [0.4, 0.5) is 5.82 Å². The molecule has 0 saturated heterocycles. The number of nitrogens with zero attached hydrogens (tertiary/aromatic N) is 2. The van der Waals surface area contributed by atoms with Gasteiger partial charge in [0.05, 0.1) is 11.2 Å². The van der Waals surface area contributed by atoms with Crippen LogP contribution in [0, 0.1) is 0 Å². The van der Waals surface area contributed by atoms with E-state index in [1.165, 1.54) is 12.4 Å². The Morgan fingerprint density at radius 1 is 1.43 bits per heavy atom. The highest BCUT2D eigenvalue weighted by molar-refractivity contribution is 7.92. The van der Waals surface area contributed by atoms with E-state index in [1.54, 1.807) is 12.1 Å². The zero-order valence-electron chi connectivity index (χ0n) is 11.0. The van der Waals surface area contributed by atoms with E-state index < -0.39 is 10.0 Å². The summed E-state index contributed by atoms with van der Waals surface area (Å²) < 4.78 is 27.1. The molecule has 1 aliphatic rings. The number of aromatic amines is 1. The molecule has 7 nitrogen and oxygen atoms in total. The lowest BCUT2D eigenvalue weighted by atomic mass is 10.3. The first-order valence-corrected chi connectivity index (χ1v) is 8.31. The molecule has 0 radical (unpaired) electrons. The highest BCUT2D eigenvalue weighted by Crippen LogP contribution is 2.23. The Morgan fingerprint density at radius 2 is 2.24 bits per heavy atom. The van der Waals surface area contributed by atoms with Gasteiger partial charge in [0, 0.05) is 24.3 Å². The maximum Gasteiger partial charge on any atom is 0.280 e. The molecular weight excluding hydrogens is 314 g/mol. The van der Waals surface area contributed by atoms with Gasteiger partial charge >= 0.3 is 0 Å². The molecule has 2 aromatic rings. The van der Waals surface area contributed by atoms with Crippen LogP contribution < -0.4 is 10.0 Å². The normalized spacial score (nSPS) is 15.1. The molecule has 112 valence electrons. The van der Waals surface area contributed by atoms with Gasteiger partial charge in [0.2, 0.25) is 0 Å². The van der Waals surface area contributed by atoms with Crippen molar-refractivity contribution in [2.75, 3.05) is 4.72 Å². The van der Waals surface area contributed by atoms with Crippen molar-refractivity contribution >= 4 is 27.4 Å². The van der Waals surface area contributed by atoms with Crippen molar-refractivity contribution in [3.63, 3.8) is 0 Å². The molecule has 9 heteroatoms. The fourth-order valence-electron chi connectivity index (χ4n) is 1.84. The lowest BCUT2D eigenvalue weighted by Crippen LogP contribution is -2.20. The van der Waals surface area contributed by atoms with Crippen LogP contribution in [0.25, 0.3) is 0 Å². The van der Waals surface area contributed by atoms with Crippen molar-refractivity contribution in [3.05, 3.63) is 35.1 Å². The van der Waals surface area contributed by atoms with E-state index in [2.05, 4.69) is 25.2 Å². The number of rotatable bonds is 6. The second kappa shape index (κ2) is 5.63. The van der Waals surface area contributed by atoms with Crippen LogP contribution in [0.15, 0.2) is 29.6 Å². The summed E-state index contributed by atoms with van der Waals surface area (Å²) in [7, 11) is -3.81. The van der Waals surface area contributed by atoms with Gasteiger partial charge in [-0.1, -0.05) is 11.6 Å². The minimum atomic E-state index is -3.81. The summed E-state index contributed by atoms with van der Waals surface area (Å²) in [5, 5.41) is 9.84. The minimum Gasteiger partial charge on any atom is -0.310 e. The number of anilines is 1. The van der Waals surface area contributed by atoms with E-state index in [0.29, 0.717) is 18.2 Å². The Balaban J connectivity index is 1.81. The lowest BCUT2D eigenvalue weighted by molar-refractivity contribution is 0.593. The standard InChI is InChI=1S/C12H14ClN5O2S/c13-10-2-1-5-14-11(10)18-21(19,20)12-8(7-16-17-12)6-15-9-3-4-9/h1-2,5,7,9,15H,3-4,6H2,(H,14,18)(H,16,17). The molecule has 0 amide bonds. The van der Waals surface area contributed by atoms with E-state index in [4.69, 9.17) is 11.6 Å². The van der Waals surface area contributed by atoms with E-state index in [1.807, 2.05) is 0 Å². The second-order valence-electron chi connectivity index (χ2n) is 4.82. The van der Waals surface area contributed by atoms with Crippen molar-refractivity contribution in [1.82, 2.24) is 20.5 Å². The second-order valence-corrected chi connectivity index (χ2v) is 6.85. The third kappa shape index (κ3) is 3.34. The molecule has 2 aromatic heterocycles. The molecule has 0 bridgehead atoms. The Kier molecular flexibility index (Phi) is 3.83. The average molecular weight is 328 g/mol. The monoisotopic (exact) mass is 327 g/mol. The molecule has 3 rings (SSSR count). The number of halogens is 1. The Labute approximate surface area is 127 Å². The first kappa shape index (κ1) is 14.3. The van der Waals surface area contributed by atoms with Gasteiger partial charge in [-0.3, -0.25) is 9.82 Å². The van der Waals surface area contributed by atoms with E-state index in [-0.39, 0.29) is 15.9 Å². The number of nitrogens with one attached hydrogen (secondary N) is 3. The Morgan fingerprint density at radius 3 is 2.95 bits per heavy atom. The molecule has 0 spiro atoms. The third-order valence-corrected chi connectivity index (χ3v) is 4.75. The van der Waals surface area contributed by atoms with Gasteiger partial charge in [-0.15, -0.1) is 0 Å². The molecule has 1 aliphatic carbocycles. The summed E-state index contributed by atoms with van der Waals surface area (Å²) >= 11 is 5.91. The summed E-state index contributed by atoms with van der Waals surface area (Å²) in [5.41, 5.74) is 0.585. The number of hydrogen-bond donors (Lipinski definition) is 3. The number of pyridine rings is 1. The van der Waals surface area contributed by atoms with Gasteiger partial charge in [0.1, 0.15) is 0 Å². The number of sulfonamides is 1. The van der Waals surface area contributed by atoms with E-state index in [0.717, 1.165) is 12.8 Å². The minimum absolute atomic E-state index is 0.0253. The third-order valence-electron chi connectivity index (χ3n) is 3.09. The Hall–Kier alpha value is -1.64. The molecule has 0 atom stereocenters. The van der Waals surface area contributed by atoms with Crippen molar-refractivity contribution in [2.24, 2.45) is 0 Å². The fraction of sp³-hybridized carbons (Fsp3) is 0.333. The smallest absolute Gasteiger partial charge is 0.280 e. The number of hydrogen-bond acceptors (Lipinski definition) is 5. The maximum absolute atomic E-state index is 12.4. The van der Waals surface area contributed by atoms with Crippen LogP contribution in [0.3, 0.4) is 0 Å². The molecule has 21 heavy (non-hydrogen) atoms. The molecule has 0 aromatic carbocycles. The van der Waals surface area contributed by atoms with Crippen LogP contribution in [-0.2, 0) is 16.6 Å². The summed E-state index contributed by atoms with van der Waals surface area (Å²) in [6, 6.07) is 3.67. The van der Waals surface area contributed by atoms with Crippen LogP contribution in [0.2, 0.25) is 5.02 Å². The zero-order chi connectivity index (χ0) is 14.9. The highest BCUT2D eigenvalue weighted by Gasteiger charge is 2.25. The Bertz CT molecular complexity index is 742. The van der Waals surface area contributed by atoms with Crippen LogP contribution in [0.1, 0.15) is 18.4 Å². The molecule has 3 N–H and O–H groups in total. The molecule has 0 unspecified atom stereocenters. The van der Waals surface area contributed by atoms with Crippen molar-refractivity contribution in [3.8, 4) is 0 Å². The van der Waals surface area contributed by atoms with Gasteiger partial charge in [-0.25, -0.2) is 4.98 Å². The van der Waals surface area contributed by atoms with Crippen LogP contribution in [-0.4, -0.2) is 29.6 Å². The van der Waals surface area contributed by atoms with Gasteiger partial charge in [0.25, 0.3) is 10.0 Å². The number of H-pyrrole nitrogens is 1. The van der Waals surface area contributed by atoms with Gasteiger partial charge < -0.3 is 5.32 Å². The van der Waals surface area contributed by atoms with E-state index in [9.17, 15) is 8.42 Å². The summed E-state index contributed by atoms with van der Waals surface area (Å²) in [5.74, 6) is 0.0925. The SMILES string of the molecule is O=S(=O)(Nc1ncccc1Cl)c1[nH]ncc1CNC1CC1. The molecule has 1 saturated carbocycles. The van der Waals surface area contributed by atoms with Gasteiger partial charge in [-0.05, 0) is 25.0 Å². The van der Waals surface area contributed by atoms with Gasteiger partial charge in [0.15, 0.2) is 10.8 Å². The van der Waals surface area contributed by atoms with E-state index >= 15 is 0 Å². The first-order chi connectivity index (χ1) is 10.1. The predicted molar refractivity (Wildman–Crippen MR) is 78.5 cm³/mol. The largest absolute Gasteiger partial charge is 0.310 e. The number of aromatic nitrogens is 3. The van der Waals surface area contributed by atoms with Crippen molar-refractivity contribution in [2.45, 2.75) is 30.5 Å².